The SMILES string of the molecule is Cc1cc(C)c(C(=O)NCCCCCC(=O)On2c(O)cc(S(=O)(=O)O)c2O)c(SSc2ccccn2)c1. The molecule has 0 bridgehead atoms. The first-order valence-corrected chi connectivity index (χ1v) is 15.0. The Kier molecular flexibility index (Phi) is 10.1. The zero-order chi connectivity index (χ0) is 27.9. The van der Waals surface area contributed by atoms with Crippen LogP contribution in [0.2, 0.25) is 0 Å². The van der Waals surface area contributed by atoms with Crippen LogP contribution in [0.5, 0.6) is 11.8 Å². The molecule has 0 radical (unpaired) electrons. The van der Waals surface area contributed by atoms with Crippen molar-refractivity contribution in [1.29, 1.82) is 0 Å². The summed E-state index contributed by atoms with van der Waals surface area (Å²) in [6.45, 7) is 4.25. The van der Waals surface area contributed by atoms with Crippen LogP contribution in [0.4, 0.5) is 0 Å². The number of rotatable bonds is 12. The van der Waals surface area contributed by atoms with Crippen molar-refractivity contribution in [1.82, 2.24) is 15.0 Å². The first kappa shape index (κ1) is 29.4. The van der Waals surface area contributed by atoms with E-state index in [2.05, 4.69) is 10.3 Å². The minimum Gasteiger partial charge on any atom is -0.492 e. The van der Waals surface area contributed by atoms with Crippen LogP contribution in [0.15, 0.2) is 57.4 Å². The molecule has 0 saturated heterocycles. The van der Waals surface area contributed by atoms with Gasteiger partial charge >= 0.3 is 5.97 Å². The van der Waals surface area contributed by atoms with E-state index in [0.29, 0.717) is 37.4 Å². The summed E-state index contributed by atoms with van der Waals surface area (Å²) in [5.41, 5.74) is 2.51. The molecule has 0 spiro atoms. The zero-order valence-corrected chi connectivity index (χ0v) is 23.0. The third-order valence-corrected chi connectivity index (χ3v) is 8.37. The Morgan fingerprint density at radius 1 is 1.08 bits per heavy atom. The van der Waals surface area contributed by atoms with E-state index in [4.69, 9.17) is 9.39 Å². The van der Waals surface area contributed by atoms with Crippen molar-refractivity contribution in [3.63, 3.8) is 0 Å². The van der Waals surface area contributed by atoms with Crippen LogP contribution in [-0.2, 0) is 14.9 Å². The Morgan fingerprint density at radius 2 is 1.84 bits per heavy atom. The summed E-state index contributed by atoms with van der Waals surface area (Å²) in [6, 6.07) is 10.1. The van der Waals surface area contributed by atoms with Crippen LogP contribution >= 0.6 is 21.6 Å². The number of hydrogen-bond donors (Lipinski definition) is 4. The number of carbonyl (C=O) groups excluding carboxylic acids is 2. The number of hydrogen-bond acceptors (Lipinski definition) is 10. The van der Waals surface area contributed by atoms with Crippen LogP contribution in [0, 0.1) is 13.8 Å². The minimum atomic E-state index is -4.81. The Balaban J connectivity index is 1.46. The molecule has 0 unspecified atom stereocenters. The second-order valence-electron chi connectivity index (χ2n) is 8.28. The average Bonchev–Trinajstić information content (AvgIpc) is 3.13. The first-order chi connectivity index (χ1) is 18.0. The highest BCUT2D eigenvalue weighted by Gasteiger charge is 2.25. The van der Waals surface area contributed by atoms with Gasteiger partial charge in [0.05, 0.1) is 5.56 Å². The maximum atomic E-state index is 13.0. The molecule has 11 nitrogen and oxygen atoms in total. The van der Waals surface area contributed by atoms with Gasteiger partial charge in [-0.25, -0.2) is 9.78 Å². The van der Waals surface area contributed by atoms with Gasteiger partial charge in [-0.3, -0.25) is 9.35 Å². The molecule has 0 fully saturated rings. The Bertz CT molecular complexity index is 1410. The van der Waals surface area contributed by atoms with Crippen LogP contribution < -0.4 is 10.2 Å². The number of nitrogens with one attached hydrogen (secondary N) is 1. The molecule has 2 heterocycles. The molecule has 0 aliphatic carbocycles. The van der Waals surface area contributed by atoms with E-state index in [0.717, 1.165) is 21.0 Å². The van der Waals surface area contributed by atoms with Crippen LogP contribution in [-0.4, -0.2) is 51.3 Å². The van der Waals surface area contributed by atoms with E-state index in [9.17, 15) is 28.2 Å². The summed E-state index contributed by atoms with van der Waals surface area (Å²) in [5.74, 6) is -3.02. The van der Waals surface area contributed by atoms with Crippen molar-refractivity contribution in [3.8, 4) is 11.8 Å². The van der Waals surface area contributed by atoms with Gasteiger partial charge in [-0.1, -0.05) is 29.3 Å². The molecule has 14 heteroatoms. The highest BCUT2D eigenvalue weighted by Crippen LogP contribution is 2.39. The van der Waals surface area contributed by atoms with Crippen molar-refractivity contribution in [2.75, 3.05) is 6.54 Å². The van der Waals surface area contributed by atoms with Gasteiger partial charge in [-0.15, -0.1) is 4.73 Å². The lowest BCUT2D eigenvalue weighted by molar-refractivity contribution is -0.145. The van der Waals surface area contributed by atoms with E-state index >= 15 is 0 Å². The Hall–Kier alpha value is -3.20. The quantitative estimate of drug-likeness (QED) is 0.139. The van der Waals surface area contributed by atoms with Gasteiger partial charge in [0.1, 0.15) is 5.03 Å². The van der Waals surface area contributed by atoms with Gasteiger partial charge in [0.15, 0.2) is 4.90 Å². The van der Waals surface area contributed by atoms with Crippen molar-refractivity contribution < 1.29 is 37.6 Å². The normalized spacial score (nSPS) is 11.3. The molecule has 204 valence electrons. The number of pyridine rings is 1. The molecule has 0 atom stereocenters. The summed E-state index contributed by atoms with van der Waals surface area (Å²) in [4.78, 5) is 33.9. The molecule has 1 aromatic carbocycles. The molecule has 0 saturated carbocycles. The van der Waals surface area contributed by atoms with E-state index < -0.39 is 32.7 Å². The second kappa shape index (κ2) is 13.0. The number of amides is 1. The fourth-order valence-electron chi connectivity index (χ4n) is 3.51. The number of benzene rings is 1. The standard InChI is InChI=1S/C24H27N3O8S3/c1-15-12-16(2)22(17(13-15)36-37-19-8-5-7-10-25-19)23(30)26-11-6-3-4-9-21(29)35-27-20(28)14-18(24(27)31)38(32,33)34/h5,7-8,10,12-14,28,31H,3-4,6,9,11H2,1-2H3,(H,26,30)(H,32,33,34). The van der Waals surface area contributed by atoms with Gasteiger partial charge in [0, 0.05) is 30.1 Å². The van der Waals surface area contributed by atoms with E-state index in [1.165, 1.54) is 21.6 Å². The van der Waals surface area contributed by atoms with Crippen molar-refractivity contribution >= 4 is 43.6 Å². The summed E-state index contributed by atoms with van der Waals surface area (Å²) in [7, 11) is -1.87. The van der Waals surface area contributed by atoms with Gasteiger partial charge in [-0.05, 0) is 66.8 Å². The van der Waals surface area contributed by atoms with Gasteiger partial charge in [0.2, 0.25) is 5.88 Å². The first-order valence-electron chi connectivity index (χ1n) is 11.4. The van der Waals surface area contributed by atoms with Gasteiger partial charge < -0.3 is 20.4 Å². The average molecular weight is 582 g/mol. The van der Waals surface area contributed by atoms with E-state index in [1.54, 1.807) is 6.20 Å². The molecule has 0 aliphatic rings. The number of aromatic hydroxyl groups is 2. The topological polar surface area (TPSA) is 168 Å². The molecule has 3 rings (SSSR count). The molecule has 38 heavy (non-hydrogen) atoms. The minimum absolute atomic E-state index is 0.0885. The predicted molar refractivity (Wildman–Crippen MR) is 142 cm³/mol. The third kappa shape index (κ3) is 7.90. The number of nitrogens with zero attached hydrogens (tertiary/aromatic N) is 2. The molecule has 2 aromatic heterocycles. The summed E-state index contributed by atoms with van der Waals surface area (Å²) < 4.78 is 31.5. The third-order valence-electron chi connectivity index (χ3n) is 5.22. The molecule has 1 amide bonds. The number of unbranched alkanes of at least 4 members (excludes halogenated alkanes) is 2. The highest BCUT2D eigenvalue weighted by atomic mass is 33.1. The molecule has 0 aliphatic heterocycles. The van der Waals surface area contributed by atoms with Gasteiger partial charge in [0.25, 0.3) is 21.9 Å². The molecule has 3 aromatic rings. The maximum Gasteiger partial charge on any atom is 0.333 e. The van der Waals surface area contributed by atoms with E-state index in [-0.39, 0.29) is 17.1 Å². The lowest BCUT2D eigenvalue weighted by Crippen LogP contribution is -2.26. The van der Waals surface area contributed by atoms with E-state index in [1.807, 2.05) is 44.2 Å². The predicted octanol–water partition coefficient (Wildman–Crippen LogP) is 3.90. The number of carbonyl (C=O) groups is 2. The van der Waals surface area contributed by atoms with Crippen molar-refractivity contribution in [3.05, 3.63) is 59.3 Å². The Labute approximate surface area is 227 Å². The molecular formula is C24H27N3O8S3. The fourth-order valence-corrected chi connectivity index (χ4v) is 6.27. The zero-order valence-electron chi connectivity index (χ0n) is 20.6. The number of aryl methyl sites for hydroxylation is 2. The lowest BCUT2D eigenvalue weighted by Gasteiger charge is -2.13. The number of aromatic nitrogens is 2. The monoisotopic (exact) mass is 581 g/mol. The van der Waals surface area contributed by atoms with Crippen LogP contribution in [0.1, 0.15) is 47.2 Å². The summed E-state index contributed by atoms with van der Waals surface area (Å²) >= 11 is 0. The maximum absolute atomic E-state index is 13.0. The van der Waals surface area contributed by atoms with Gasteiger partial charge in [-0.2, -0.15) is 8.42 Å². The van der Waals surface area contributed by atoms with Crippen molar-refractivity contribution in [2.45, 2.75) is 54.3 Å². The van der Waals surface area contributed by atoms with Crippen molar-refractivity contribution in [2.24, 2.45) is 0 Å². The van der Waals surface area contributed by atoms with Crippen LogP contribution in [0.3, 0.4) is 0 Å². The summed E-state index contributed by atoms with van der Waals surface area (Å²) in [6.07, 6.45) is 3.16. The summed E-state index contributed by atoms with van der Waals surface area (Å²) in [5, 5.41) is 23.2. The van der Waals surface area contributed by atoms with Crippen LogP contribution in [0.25, 0.3) is 0 Å². The largest absolute Gasteiger partial charge is 0.492 e. The molecule has 4 N–H and O–H groups in total. The second-order valence-corrected chi connectivity index (χ2v) is 11.9. The molecular weight excluding hydrogens is 554 g/mol. The highest BCUT2D eigenvalue weighted by molar-refractivity contribution is 8.76. The Morgan fingerprint density at radius 3 is 2.50 bits per heavy atom. The lowest BCUT2D eigenvalue weighted by atomic mass is 10.0. The fraction of sp³-hybridized carbons (Fsp3) is 0.292. The smallest absolute Gasteiger partial charge is 0.333 e.